The maximum absolute atomic E-state index is 13.8. The number of fused-ring (bicyclic) bond motifs is 1. The van der Waals surface area contributed by atoms with E-state index < -0.39 is 48.8 Å². The van der Waals surface area contributed by atoms with E-state index in [2.05, 4.69) is 20.3 Å². The first-order valence-corrected chi connectivity index (χ1v) is 13.1. The van der Waals surface area contributed by atoms with Crippen molar-refractivity contribution in [3.05, 3.63) is 58.6 Å². The molecule has 5 rings (SSSR count). The molecule has 4 heterocycles. The van der Waals surface area contributed by atoms with Gasteiger partial charge >= 0.3 is 6.18 Å². The molecule has 2 N–H and O–H groups in total. The highest BCUT2D eigenvalue weighted by Crippen LogP contribution is 2.33. The zero-order valence-corrected chi connectivity index (χ0v) is 21.9. The van der Waals surface area contributed by atoms with Gasteiger partial charge in [-0.1, -0.05) is 11.6 Å². The van der Waals surface area contributed by atoms with Gasteiger partial charge in [0.2, 0.25) is 5.82 Å². The van der Waals surface area contributed by atoms with E-state index in [-0.39, 0.29) is 35.8 Å². The summed E-state index contributed by atoms with van der Waals surface area (Å²) in [5, 5.41) is 13.3. The number of alkyl halides is 5. The molecular formula is C26H26ClF5N6O2. The Bertz CT molecular complexity index is 1380. The number of carbonyl (C=O) groups is 1. The molecule has 2 aliphatic heterocycles. The number of anilines is 1. The number of piperidine rings is 1. The van der Waals surface area contributed by atoms with Crippen molar-refractivity contribution in [2.45, 2.75) is 43.5 Å². The van der Waals surface area contributed by atoms with Crippen molar-refractivity contribution in [1.82, 2.24) is 25.2 Å². The van der Waals surface area contributed by atoms with Crippen molar-refractivity contribution in [2.24, 2.45) is 0 Å². The Labute approximate surface area is 231 Å². The van der Waals surface area contributed by atoms with E-state index in [0.29, 0.717) is 36.2 Å². The number of aliphatic hydroxyl groups is 1. The fourth-order valence-electron chi connectivity index (χ4n) is 5.08. The van der Waals surface area contributed by atoms with Gasteiger partial charge in [0, 0.05) is 68.9 Å². The molecule has 0 spiro atoms. The van der Waals surface area contributed by atoms with Crippen LogP contribution in [0.3, 0.4) is 0 Å². The first kappa shape index (κ1) is 28.4. The van der Waals surface area contributed by atoms with Crippen LogP contribution in [0.2, 0.25) is 5.02 Å². The van der Waals surface area contributed by atoms with Crippen molar-refractivity contribution >= 4 is 34.2 Å². The van der Waals surface area contributed by atoms with Crippen LogP contribution in [0.5, 0.6) is 0 Å². The summed E-state index contributed by atoms with van der Waals surface area (Å²) in [7, 11) is 0. The number of amides is 1. The molecule has 1 amide bonds. The molecule has 0 bridgehead atoms. The highest BCUT2D eigenvalue weighted by Gasteiger charge is 2.38. The molecule has 14 heteroatoms. The lowest BCUT2D eigenvalue weighted by Gasteiger charge is -2.37. The van der Waals surface area contributed by atoms with Crippen LogP contribution in [0.15, 0.2) is 36.7 Å². The highest BCUT2D eigenvalue weighted by molar-refractivity contribution is 6.35. The molecule has 40 heavy (non-hydrogen) atoms. The number of rotatable bonds is 6. The molecule has 3 aromatic rings. The lowest BCUT2D eigenvalue weighted by molar-refractivity contribution is -0.145. The largest absolute Gasteiger partial charge is 0.451 e. The van der Waals surface area contributed by atoms with Gasteiger partial charge in [-0.25, -0.2) is 23.7 Å². The Morgan fingerprint density at radius 2 is 1.82 bits per heavy atom. The van der Waals surface area contributed by atoms with Crippen LogP contribution in [-0.4, -0.2) is 75.6 Å². The second-order valence-electron chi connectivity index (χ2n) is 10.0. The third kappa shape index (κ3) is 6.11. The molecule has 0 aliphatic carbocycles. The second-order valence-corrected chi connectivity index (χ2v) is 10.4. The average molecular weight is 585 g/mol. The number of likely N-dealkylation sites (tertiary alicyclic amines) is 1. The number of nitrogens with one attached hydrogen (secondary N) is 1. The van der Waals surface area contributed by atoms with Gasteiger partial charge in [0.1, 0.15) is 5.82 Å². The van der Waals surface area contributed by atoms with Crippen LogP contribution in [0, 0.1) is 0 Å². The summed E-state index contributed by atoms with van der Waals surface area (Å²) < 4.78 is 66.6. The number of hydrogen-bond acceptors (Lipinski definition) is 7. The van der Waals surface area contributed by atoms with Crippen LogP contribution in [-0.2, 0) is 6.18 Å². The molecule has 2 fully saturated rings. The number of aliphatic hydroxyl groups excluding tert-OH is 1. The molecule has 2 aliphatic rings. The third-order valence-corrected chi connectivity index (χ3v) is 7.57. The summed E-state index contributed by atoms with van der Waals surface area (Å²) in [4.78, 5) is 28.4. The summed E-state index contributed by atoms with van der Waals surface area (Å²) in [6.07, 6.45) is -3.36. The van der Waals surface area contributed by atoms with Crippen LogP contribution < -0.4 is 10.2 Å². The van der Waals surface area contributed by atoms with E-state index in [4.69, 9.17) is 11.6 Å². The summed E-state index contributed by atoms with van der Waals surface area (Å²) in [6.45, 7) is 0.945. The molecule has 0 saturated carbocycles. The van der Waals surface area contributed by atoms with Crippen LogP contribution in [0.1, 0.15) is 47.1 Å². The quantitative estimate of drug-likeness (QED) is 0.413. The van der Waals surface area contributed by atoms with Gasteiger partial charge in [-0.3, -0.25) is 9.69 Å². The molecular weight excluding hydrogens is 559 g/mol. The standard InChI is InChI=1S/C26H26ClF5N6O2/c27-18-2-3-19-17(1-4-21(36-19)38-8-5-16(39)14-38)22(18)23(40)33-13-20(37-9-6-25(28,29)7-10-37)15-11-34-24(35-12-15)26(30,31)32/h1-4,11-12,16,20,39H,5-10,13-14H2,(H,33,40)/t16-,20?/m0/s1. The van der Waals surface area contributed by atoms with Crippen LogP contribution >= 0.6 is 11.6 Å². The number of hydrogen-bond donors (Lipinski definition) is 2. The molecule has 8 nitrogen and oxygen atoms in total. The minimum absolute atomic E-state index is 0.0263. The fourth-order valence-corrected chi connectivity index (χ4v) is 5.33. The van der Waals surface area contributed by atoms with E-state index in [9.17, 15) is 31.9 Å². The number of pyridine rings is 1. The van der Waals surface area contributed by atoms with Gasteiger partial charge in [0.25, 0.3) is 11.8 Å². The number of carbonyl (C=O) groups excluding carboxylic acids is 1. The van der Waals surface area contributed by atoms with E-state index in [1.54, 1.807) is 29.2 Å². The van der Waals surface area contributed by atoms with Crippen LogP contribution in [0.25, 0.3) is 10.9 Å². The zero-order valence-electron chi connectivity index (χ0n) is 21.1. The first-order chi connectivity index (χ1) is 18.9. The number of aromatic nitrogens is 3. The minimum Gasteiger partial charge on any atom is -0.391 e. The Hall–Kier alpha value is -3.16. The number of β-amino-alcohol motifs (C(OH)–C–C–N with tert-alkyl or cyclic N) is 1. The maximum Gasteiger partial charge on any atom is 0.451 e. The van der Waals surface area contributed by atoms with Crippen molar-refractivity contribution in [3.63, 3.8) is 0 Å². The Morgan fingerprint density at radius 1 is 1.12 bits per heavy atom. The number of benzene rings is 1. The summed E-state index contributed by atoms with van der Waals surface area (Å²) in [6, 6.07) is 5.94. The minimum atomic E-state index is -4.73. The van der Waals surface area contributed by atoms with E-state index in [1.165, 1.54) is 0 Å². The fraction of sp³-hybridized carbons (Fsp3) is 0.462. The van der Waals surface area contributed by atoms with Crippen molar-refractivity contribution in [3.8, 4) is 0 Å². The lowest BCUT2D eigenvalue weighted by Crippen LogP contribution is -2.45. The van der Waals surface area contributed by atoms with Gasteiger partial charge in [-0.15, -0.1) is 0 Å². The van der Waals surface area contributed by atoms with E-state index in [1.807, 2.05) is 4.90 Å². The Kier molecular flexibility index (Phi) is 7.81. The van der Waals surface area contributed by atoms with Gasteiger partial charge in [-0.05, 0) is 30.7 Å². The lowest BCUT2D eigenvalue weighted by atomic mass is 10.0. The van der Waals surface area contributed by atoms with E-state index >= 15 is 0 Å². The summed E-state index contributed by atoms with van der Waals surface area (Å²) >= 11 is 6.40. The van der Waals surface area contributed by atoms with Crippen molar-refractivity contribution in [2.75, 3.05) is 37.6 Å². The molecule has 1 unspecified atom stereocenters. The Balaban J connectivity index is 1.38. The van der Waals surface area contributed by atoms with Gasteiger partial charge in [0.05, 0.1) is 28.2 Å². The second kappa shape index (κ2) is 11.0. The highest BCUT2D eigenvalue weighted by atomic mass is 35.5. The molecule has 214 valence electrons. The smallest absolute Gasteiger partial charge is 0.391 e. The van der Waals surface area contributed by atoms with Crippen molar-refractivity contribution < 1.29 is 31.9 Å². The SMILES string of the molecule is O=C(NCC(c1cnc(C(F)(F)F)nc1)N1CCC(F)(F)CC1)c1c(Cl)ccc2nc(N3CC[C@H](O)C3)ccc12. The predicted molar refractivity (Wildman–Crippen MR) is 137 cm³/mol. The summed E-state index contributed by atoms with van der Waals surface area (Å²) in [5.74, 6) is -4.05. The molecule has 0 radical (unpaired) electrons. The molecule has 2 aromatic heterocycles. The van der Waals surface area contributed by atoms with Gasteiger partial charge in [0.15, 0.2) is 0 Å². The number of nitrogens with zero attached hydrogens (tertiary/aromatic N) is 5. The normalized spacial score (nSPS) is 20.6. The summed E-state index contributed by atoms with van der Waals surface area (Å²) in [5.41, 5.74) is 0.924. The van der Waals surface area contributed by atoms with Gasteiger partial charge < -0.3 is 15.3 Å². The topological polar surface area (TPSA) is 94.5 Å². The molecule has 2 saturated heterocycles. The van der Waals surface area contributed by atoms with Crippen molar-refractivity contribution in [1.29, 1.82) is 0 Å². The number of halogens is 6. The van der Waals surface area contributed by atoms with Crippen LogP contribution in [0.4, 0.5) is 27.8 Å². The Morgan fingerprint density at radius 3 is 2.45 bits per heavy atom. The maximum atomic E-state index is 13.8. The first-order valence-electron chi connectivity index (χ1n) is 12.7. The van der Waals surface area contributed by atoms with Gasteiger partial charge in [-0.2, -0.15) is 13.2 Å². The average Bonchev–Trinajstić information content (AvgIpc) is 3.35. The third-order valence-electron chi connectivity index (χ3n) is 7.26. The monoisotopic (exact) mass is 584 g/mol. The predicted octanol–water partition coefficient (Wildman–Crippen LogP) is 4.47. The zero-order chi connectivity index (χ0) is 28.7. The molecule has 1 aromatic carbocycles. The molecule has 2 atom stereocenters. The van der Waals surface area contributed by atoms with E-state index in [0.717, 1.165) is 12.4 Å².